The van der Waals surface area contributed by atoms with Crippen LogP contribution in [0.15, 0.2) is 60.2 Å². The fraction of sp³-hybridized carbons (Fsp3) is 0.130. The molecule has 154 valence electrons. The highest BCUT2D eigenvalue weighted by molar-refractivity contribution is 7.13. The summed E-state index contributed by atoms with van der Waals surface area (Å²) >= 11 is 1.59. The van der Waals surface area contributed by atoms with Gasteiger partial charge in [0.1, 0.15) is 5.82 Å². The molecule has 0 aliphatic heterocycles. The minimum atomic E-state index is -0.196. The highest BCUT2D eigenvalue weighted by Crippen LogP contribution is 2.30. The number of rotatable bonds is 4. The SMILES string of the molecule is Cc1nn(C)c2nc(-c3cccs3)cc(C(=O)Nc3cccc(-c4nccn4C)c3)c12. The molecule has 4 aromatic heterocycles. The van der Waals surface area contributed by atoms with E-state index in [4.69, 9.17) is 4.98 Å². The van der Waals surface area contributed by atoms with Gasteiger partial charge < -0.3 is 9.88 Å². The Labute approximate surface area is 183 Å². The second kappa shape index (κ2) is 7.48. The number of benzene rings is 1. The number of aryl methyl sites for hydroxylation is 3. The van der Waals surface area contributed by atoms with Crippen LogP contribution in [-0.2, 0) is 14.1 Å². The zero-order chi connectivity index (χ0) is 21.5. The van der Waals surface area contributed by atoms with Crippen molar-refractivity contribution in [3.05, 3.63) is 71.5 Å². The van der Waals surface area contributed by atoms with Gasteiger partial charge in [-0.3, -0.25) is 9.48 Å². The maximum Gasteiger partial charge on any atom is 0.256 e. The summed E-state index contributed by atoms with van der Waals surface area (Å²) < 4.78 is 3.67. The Bertz CT molecular complexity index is 1410. The van der Waals surface area contributed by atoms with Crippen molar-refractivity contribution in [1.29, 1.82) is 0 Å². The molecule has 8 heteroatoms. The lowest BCUT2D eigenvalue weighted by atomic mass is 10.1. The van der Waals surface area contributed by atoms with Gasteiger partial charge >= 0.3 is 0 Å². The fourth-order valence-electron chi connectivity index (χ4n) is 3.75. The van der Waals surface area contributed by atoms with Crippen LogP contribution < -0.4 is 5.32 Å². The van der Waals surface area contributed by atoms with Crippen molar-refractivity contribution in [3.63, 3.8) is 0 Å². The van der Waals surface area contributed by atoms with Crippen LogP contribution in [-0.4, -0.2) is 30.2 Å². The average molecular weight is 429 g/mol. The van der Waals surface area contributed by atoms with E-state index in [1.165, 1.54) is 0 Å². The quantitative estimate of drug-likeness (QED) is 0.452. The molecule has 0 unspecified atom stereocenters. The predicted octanol–water partition coefficient (Wildman–Crippen LogP) is 4.66. The first kappa shape index (κ1) is 19.2. The second-order valence-electron chi connectivity index (χ2n) is 7.34. The third kappa shape index (κ3) is 3.40. The number of anilines is 1. The summed E-state index contributed by atoms with van der Waals surface area (Å²) in [6.45, 7) is 1.90. The minimum Gasteiger partial charge on any atom is -0.334 e. The molecule has 4 heterocycles. The second-order valence-corrected chi connectivity index (χ2v) is 8.28. The highest BCUT2D eigenvalue weighted by Gasteiger charge is 2.20. The molecule has 5 rings (SSSR count). The van der Waals surface area contributed by atoms with Gasteiger partial charge in [-0.2, -0.15) is 5.10 Å². The van der Waals surface area contributed by atoms with Gasteiger partial charge in [-0.1, -0.05) is 18.2 Å². The summed E-state index contributed by atoms with van der Waals surface area (Å²) in [7, 11) is 3.79. The molecular formula is C23H20N6OS. The number of carbonyl (C=O) groups excluding carboxylic acids is 1. The summed E-state index contributed by atoms with van der Waals surface area (Å²) in [5.41, 5.74) is 4.42. The molecular weight excluding hydrogens is 408 g/mol. The number of nitrogens with one attached hydrogen (secondary N) is 1. The average Bonchev–Trinajstić information content (AvgIpc) is 3.49. The number of aromatic nitrogens is 5. The number of imidazole rings is 1. The Morgan fingerprint density at radius 3 is 2.74 bits per heavy atom. The first-order valence-corrected chi connectivity index (χ1v) is 10.7. The van der Waals surface area contributed by atoms with E-state index in [1.807, 2.05) is 79.6 Å². The Balaban J connectivity index is 1.57. The first-order valence-electron chi connectivity index (χ1n) is 9.78. The van der Waals surface area contributed by atoms with E-state index in [1.54, 1.807) is 22.2 Å². The third-order valence-electron chi connectivity index (χ3n) is 5.19. The van der Waals surface area contributed by atoms with Crippen molar-refractivity contribution in [1.82, 2.24) is 24.3 Å². The maximum absolute atomic E-state index is 13.4. The number of nitrogens with zero attached hydrogens (tertiary/aromatic N) is 5. The zero-order valence-electron chi connectivity index (χ0n) is 17.3. The Morgan fingerprint density at radius 2 is 2.00 bits per heavy atom. The summed E-state index contributed by atoms with van der Waals surface area (Å²) in [6.07, 6.45) is 3.65. The van der Waals surface area contributed by atoms with Crippen LogP contribution in [0.4, 0.5) is 5.69 Å². The molecule has 31 heavy (non-hydrogen) atoms. The summed E-state index contributed by atoms with van der Waals surface area (Å²) in [6, 6.07) is 13.5. The van der Waals surface area contributed by atoms with Gasteiger partial charge in [0.2, 0.25) is 0 Å². The summed E-state index contributed by atoms with van der Waals surface area (Å²) in [5, 5.41) is 10.3. The van der Waals surface area contributed by atoms with Crippen molar-refractivity contribution >= 4 is 34.0 Å². The molecule has 1 aromatic carbocycles. The highest BCUT2D eigenvalue weighted by atomic mass is 32.1. The van der Waals surface area contributed by atoms with E-state index in [2.05, 4.69) is 15.4 Å². The van der Waals surface area contributed by atoms with Gasteiger partial charge in [0, 0.05) is 37.7 Å². The largest absolute Gasteiger partial charge is 0.334 e. The molecule has 0 aliphatic rings. The van der Waals surface area contributed by atoms with Crippen LogP contribution in [0.1, 0.15) is 16.1 Å². The van der Waals surface area contributed by atoms with Gasteiger partial charge in [0.05, 0.1) is 27.2 Å². The van der Waals surface area contributed by atoms with Crippen molar-refractivity contribution in [2.75, 3.05) is 5.32 Å². The lowest BCUT2D eigenvalue weighted by Crippen LogP contribution is -2.13. The molecule has 5 aromatic rings. The molecule has 1 amide bonds. The molecule has 0 spiro atoms. The van der Waals surface area contributed by atoms with Crippen LogP contribution in [0.2, 0.25) is 0 Å². The fourth-order valence-corrected chi connectivity index (χ4v) is 4.44. The Hall–Kier alpha value is -3.78. The van der Waals surface area contributed by atoms with Gasteiger partial charge in [-0.15, -0.1) is 11.3 Å². The number of hydrogen-bond acceptors (Lipinski definition) is 5. The molecule has 0 fully saturated rings. The predicted molar refractivity (Wildman–Crippen MR) is 123 cm³/mol. The lowest BCUT2D eigenvalue weighted by molar-refractivity contribution is 0.102. The van der Waals surface area contributed by atoms with Gasteiger partial charge in [-0.05, 0) is 36.6 Å². The van der Waals surface area contributed by atoms with Crippen molar-refractivity contribution in [2.45, 2.75) is 6.92 Å². The standard InChI is InChI=1S/C23H20N6OS/c1-14-20-17(13-18(19-8-5-11-31-19)26-22(20)29(3)27-14)23(30)25-16-7-4-6-15(12-16)21-24-9-10-28(21)2/h4-13H,1-3H3,(H,25,30). The van der Waals surface area contributed by atoms with E-state index >= 15 is 0 Å². The number of hydrogen-bond donors (Lipinski definition) is 1. The molecule has 0 atom stereocenters. The van der Waals surface area contributed by atoms with Crippen LogP contribution in [0.25, 0.3) is 33.0 Å². The molecule has 1 N–H and O–H groups in total. The number of amides is 1. The summed E-state index contributed by atoms with van der Waals surface area (Å²) in [5.74, 6) is 0.642. The Morgan fingerprint density at radius 1 is 1.13 bits per heavy atom. The van der Waals surface area contributed by atoms with Gasteiger partial charge in [-0.25, -0.2) is 9.97 Å². The number of fused-ring (bicyclic) bond motifs is 1. The van der Waals surface area contributed by atoms with E-state index < -0.39 is 0 Å². The normalized spacial score (nSPS) is 11.2. The molecule has 0 aliphatic carbocycles. The molecule has 7 nitrogen and oxygen atoms in total. The lowest BCUT2D eigenvalue weighted by Gasteiger charge is -2.10. The van der Waals surface area contributed by atoms with Crippen LogP contribution in [0, 0.1) is 6.92 Å². The third-order valence-corrected chi connectivity index (χ3v) is 6.08. The van der Waals surface area contributed by atoms with E-state index in [9.17, 15) is 4.79 Å². The maximum atomic E-state index is 13.4. The number of carbonyl (C=O) groups is 1. The number of pyridine rings is 1. The smallest absolute Gasteiger partial charge is 0.256 e. The first-order chi connectivity index (χ1) is 15.0. The van der Waals surface area contributed by atoms with Gasteiger partial charge in [0.25, 0.3) is 5.91 Å². The molecule has 0 radical (unpaired) electrons. The monoisotopic (exact) mass is 428 g/mol. The molecule has 0 saturated carbocycles. The van der Waals surface area contributed by atoms with Crippen molar-refractivity contribution in [2.24, 2.45) is 14.1 Å². The van der Waals surface area contributed by atoms with Gasteiger partial charge in [0.15, 0.2) is 5.65 Å². The number of thiophene rings is 1. The van der Waals surface area contributed by atoms with Crippen LogP contribution in [0.5, 0.6) is 0 Å². The Kier molecular flexibility index (Phi) is 4.63. The topological polar surface area (TPSA) is 77.6 Å². The van der Waals surface area contributed by atoms with Crippen molar-refractivity contribution in [3.8, 4) is 22.0 Å². The summed E-state index contributed by atoms with van der Waals surface area (Å²) in [4.78, 5) is 23.5. The van der Waals surface area contributed by atoms with E-state index in [-0.39, 0.29) is 5.91 Å². The van der Waals surface area contributed by atoms with E-state index in [0.717, 1.165) is 33.0 Å². The molecule has 0 saturated heterocycles. The van der Waals surface area contributed by atoms with Crippen molar-refractivity contribution < 1.29 is 4.79 Å². The van der Waals surface area contributed by atoms with Crippen LogP contribution >= 0.6 is 11.3 Å². The minimum absolute atomic E-state index is 0.196. The van der Waals surface area contributed by atoms with Crippen LogP contribution in [0.3, 0.4) is 0 Å². The zero-order valence-corrected chi connectivity index (χ0v) is 18.1. The van der Waals surface area contributed by atoms with E-state index in [0.29, 0.717) is 16.9 Å². The molecule has 0 bridgehead atoms.